The number of imide groups is 1. The number of rotatable bonds is 7. The Bertz CT molecular complexity index is 1000. The minimum atomic E-state index is -1.22. The van der Waals surface area contributed by atoms with Crippen molar-refractivity contribution in [2.24, 2.45) is 0 Å². The number of carbonyl (C=O) groups is 4. The van der Waals surface area contributed by atoms with Gasteiger partial charge in [0.05, 0.1) is 0 Å². The first kappa shape index (κ1) is 22.0. The van der Waals surface area contributed by atoms with E-state index >= 15 is 0 Å². The molecule has 1 fully saturated rings. The molecular weight excluding hydrogens is 396 g/mol. The van der Waals surface area contributed by atoms with E-state index in [4.69, 9.17) is 0 Å². The van der Waals surface area contributed by atoms with Gasteiger partial charge in [-0.05, 0) is 48.7 Å². The van der Waals surface area contributed by atoms with Crippen molar-refractivity contribution in [3.05, 3.63) is 65.2 Å². The van der Waals surface area contributed by atoms with Gasteiger partial charge in [0.15, 0.2) is 0 Å². The smallest absolute Gasteiger partial charge is 0.325 e. The number of hydrogen-bond donors (Lipinski definition) is 3. The molecule has 31 heavy (non-hydrogen) atoms. The Kier molecular flexibility index (Phi) is 6.39. The summed E-state index contributed by atoms with van der Waals surface area (Å²) in [5.41, 5.74) is 1.51. The van der Waals surface area contributed by atoms with Gasteiger partial charge in [-0.3, -0.25) is 19.3 Å². The van der Waals surface area contributed by atoms with Gasteiger partial charge in [0.2, 0.25) is 5.91 Å². The molecule has 0 radical (unpaired) electrons. The van der Waals surface area contributed by atoms with Gasteiger partial charge in [0.25, 0.3) is 11.8 Å². The van der Waals surface area contributed by atoms with Crippen molar-refractivity contribution in [3.63, 3.8) is 0 Å². The van der Waals surface area contributed by atoms with Crippen molar-refractivity contribution in [2.45, 2.75) is 32.2 Å². The maximum Gasteiger partial charge on any atom is 0.325 e. The second-order valence-electron chi connectivity index (χ2n) is 7.60. The normalized spacial score (nSPS) is 18.0. The molecule has 1 unspecified atom stereocenters. The molecule has 8 nitrogen and oxygen atoms in total. The van der Waals surface area contributed by atoms with Crippen LogP contribution in [0.4, 0.5) is 10.5 Å². The Labute approximate surface area is 181 Å². The zero-order chi connectivity index (χ0) is 22.6. The summed E-state index contributed by atoms with van der Waals surface area (Å²) in [5, 5.41) is 7.86. The molecule has 1 heterocycles. The Balaban J connectivity index is 1.67. The Morgan fingerprint density at radius 2 is 1.68 bits per heavy atom. The SMILES string of the molecule is CCCc1ccc(C2(C)NC(=O)N(CC(=O)Nc3ccc(C(=O)NC)cc3)C2=O)cc1. The van der Waals surface area contributed by atoms with Gasteiger partial charge in [-0.15, -0.1) is 0 Å². The maximum atomic E-state index is 13.0. The summed E-state index contributed by atoms with van der Waals surface area (Å²) >= 11 is 0. The number of nitrogens with one attached hydrogen (secondary N) is 3. The monoisotopic (exact) mass is 422 g/mol. The second-order valence-corrected chi connectivity index (χ2v) is 7.60. The first-order chi connectivity index (χ1) is 14.8. The average Bonchev–Trinajstić information content (AvgIpc) is 2.98. The third kappa shape index (κ3) is 4.58. The van der Waals surface area contributed by atoms with Crippen LogP contribution in [-0.2, 0) is 21.5 Å². The third-order valence-electron chi connectivity index (χ3n) is 5.30. The zero-order valence-corrected chi connectivity index (χ0v) is 17.8. The van der Waals surface area contributed by atoms with Crippen LogP contribution >= 0.6 is 0 Å². The highest BCUT2D eigenvalue weighted by Gasteiger charge is 2.49. The predicted molar refractivity (Wildman–Crippen MR) is 116 cm³/mol. The highest BCUT2D eigenvalue weighted by molar-refractivity contribution is 6.10. The predicted octanol–water partition coefficient (Wildman–Crippen LogP) is 2.40. The molecular formula is C23H26N4O4. The summed E-state index contributed by atoms with van der Waals surface area (Å²) in [6.45, 7) is 3.32. The fourth-order valence-electron chi connectivity index (χ4n) is 3.52. The molecule has 0 spiro atoms. The largest absolute Gasteiger partial charge is 0.355 e. The van der Waals surface area contributed by atoms with E-state index in [9.17, 15) is 19.2 Å². The van der Waals surface area contributed by atoms with E-state index in [1.54, 1.807) is 31.2 Å². The fraction of sp³-hybridized carbons (Fsp3) is 0.304. The van der Waals surface area contributed by atoms with Crippen molar-refractivity contribution >= 4 is 29.4 Å². The van der Waals surface area contributed by atoms with E-state index in [2.05, 4.69) is 22.9 Å². The van der Waals surface area contributed by atoms with Gasteiger partial charge in [-0.2, -0.15) is 0 Å². The molecule has 1 atom stereocenters. The van der Waals surface area contributed by atoms with Gasteiger partial charge < -0.3 is 16.0 Å². The molecule has 5 amide bonds. The van der Waals surface area contributed by atoms with Crippen LogP contribution in [0.3, 0.4) is 0 Å². The lowest BCUT2D eigenvalue weighted by atomic mass is 9.91. The van der Waals surface area contributed by atoms with E-state index in [1.807, 2.05) is 24.3 Å². The van der Waals surface area contributed by atoms with Gasteiger partial charge in [0, 0.05) is 18.3 Å². The van der Waals surface area contributed by atoms with E-state index < -0.39 is 29.9 Å². The Morgan fingerprint density at radius 3 is 2.26 bits per heavy atom. The number of amides is 5. The van der Waals surface area contributed by atoms with E-state index in [0.717, 1.165) is 23.3 Å². The number of benzene rings is 2. The lowest BCUT2D eigenvalue weighted by Gasteiger charge is -2.22. The van der Waals surface area contributed by atoms with Crippen molar-refractivity contribution in [1.29, 1.82) is 0 Å². The molecule has 1 aliphatic heterocycles. The Hall–Kier alpha value is -3.68. The minimum Gasteiger partial charge on any atom is -0.355 e. The number of aryl methyl sites for hydroxylation is 1. The highest BCUT2D eigenvalue weighted by Crippen LogP contribution is 2.29. The quantitative estimate of drug-likeness (QED) is 0.596. The summed E-state index contributed by atoms with van der Waals surface area (Å²) < 4.78 is 0. The van der Waals surface area contributed by atoms with Crippen molar-refractivity contribution in [3.8, 4) is 0 Å². The van der Waals surface area contributed by atoms with Crippen LogP contribution in [0, 0.1) is 0 Å². The first-order valence-corrected chi connectivity index (χ1v) is 10.1. The Morgan fingerprint density at radius 1 is 1.03 bits per heavy atom. The van der Waals surface area contributed by atoms with Gasteiger partial charge in [-0.25, -0.2) is 4.79 Å². The number of nitrogens with zero attached hydrogens (tertiary/aromatic N) is 1. The molecule has 0 bridgehead atoms. The number of urea groups is 1. The molecule has 0 aromatic heterocycles. The molecule has 3 rings (SSSR count). The lowest BCUT2D eigenvalue weighted by Crippen LogP contribution is -2.42. The molecule has 8 heteroatoms. The van der Waals surface area contributed by atoms with Crippen LogP contribution in [0.15, 0.2) is 48.5 Å². The third-order valence-corrected chi connectivity index (χ3v) is 5.30. The zero-order valence-electron chi connectivity index (χ0n) is 17.8. The molecule has 162 valence electrons. The summed E-state index contributed by atoms with van der Waals surface area (Å²) in [6.07, 6.45) is 1.96. The molecule has 0 saturated carbocycles. The van der Waals surface area contributed by atoms with Crippen molar-refractivity contribution in [1.82, 2.24) is 15.5 Å². The van der Waals surface area contributed by atoms with Gasteiger partial charge >= 0.3 is 6.03 Å². The minimum absolute atomic E-state index is 0.237. The second kappa shape index (κ2) is 8.99. The molecule has 2 aromatic carbocycles. The van der Waals surface area contributed by atoms with Crippen molar-refractivity contribution < 1.29 is 19.2 Å². The van der Waals surface area contributed by atoms with Gasteiger partial charge in [0.1, 0.15) is 12.1 Å². The highest BCUT2D eigenvalue weighted by atomic mass is 16.2. The molecule has 1 saturated heterocycles. The number of carbonyl (C=O) groups excluding carboxylic acids is 4. The van der Waals surface area contributed by atoms with E-state index in [-0.39, 0.29) is 5.91 Å². The first-order valence-electron chi connectivity index (χ1n) is 10.1. The summed E-state index contributed by atoms with van der Waals surface area (Å²) in [6, 6.07) is 13.2. The van der Waals surface area contributed by atoms with E-state index in [1.165, 1.54) is 7.05 Å². The standard InChI is InChI=1S/C23H26N4O4/c1-4-5-15-6-10-17(11-7-15)23(2)21(30)27(22(31)26-23)14-19(28)25-18-12-8-16(9-13-18)20(29)24-3/h6-13H,4-5,14H2,1-3H3,(H,24,29)(H,25,28)(H,26,31). The average molecular weight is 422 g/mol. The fourth-order valence-corrected chi connectivity index (χ4v) is 3.52. The van der Waals surface area contributed by atoms with Crippen LogP contribution in [0.5, 0.6) is 0 Å². The molecule has 1 aliphatic rings. The summed E-state index contributed by atoms with van der Waals surface area (Å²) in [4.78, 5) is 50.4. The molecule has 2 aromatic rings. The number of anilines is 1. The summed E-state index contributed by atoms with van der Waals surface area (Å²) in [5.74, 6) is -1.23. The molecule has 0 aliphatic carbocycles. The van der Waals surface area contributed by atoms with E-state index in [0.29, 0.717) is 16.8 Å². The van der Waals surface area contributed by atoms with Crippen LogP contribution in [0.2, 0.25) is 0 Å². The maximum absolute atomic E-state index is 13.0. The summed E-state index contributed by atoms with van der Waals surface area (Å²) in [7, 11) is 1.53. The lowest BCUT2D eigenvalue weighted by molar-refractivity contribution is -0.133. The van der Waals surface area contributed by atoms with Crippen LogP contribution in [0.1, 0.15) is 41.8 Å². The van der Waals surface area contributed by atoms with Crippen molar-refractivity contribution in [2.75, 3.05) is 18.9 Å². The number of hydrogen-bond acceptors (Lipinski definition) is 4. The van der Waals surface area contributed by atoms with Crippen LogP contribution in [-0.4, -0.2) is 42.2 Å². The van der Waals surface area contributed by atoms with Gasteiger partial charge in [-0.1, -0.05) is 37.6 Å². The van der Waals surface area contributed by atoms with Crippen LogP contribution < -0.4 is 16.0 Å². The topological polar surface area (TPSA) is 108 Å². The van der Waals surface area contributed by atoms with Crippen LogP contribution in [0.25, 0.3) is 0 Å². The molecule has 3 N–H and O–H groups in total.